The minimum atomic E-state index is -0.426. The molecule has 1 aromatic rings. The average Bonchev–Trinajstić information content (AvgIpc) is 2.79. The van der Waals surface area contributed by atoms with Crippen molar-refractivity contribution in [3.05, 3.63) is 34.1 Å². The van der Waals surface area contributed by atoms with Gasteiger partial charge in [0.15, 0.2) is 0 Å². The van der Waals surface area contributed by atoms with Crippen molar-refractivity contribution in [3.63, 3.8) is 0 Å². The summed E-state index contributed by atoms with van der Waals surface area (Å²) in [4.78, 5) is 12.0. The molecule has 1 aromatic carbocycles. The van der Waals surface area contributed by atoms with Crippen molar-refractivity contribution < 1.29 is 9.18 Å². The molecule has 1 aliphatic rings. The summed E-state index contributed by atoms with van der Waals surface area (Å²) in [5.41, 5.74) is 6.01. The summed E-state index contributed by atoms with van der Waals surface area (Å²) in [6, 6.07) is 4.51. The first kappa shape index (κ1) is 16.4. The Balaban J connectivity index is 0.00000180. The molecule has 1 fully saturated rings. The van der Waals surface area contributed by atoms with E-state index in [0.29, 0.717) is 22.5 Å². The smallest absolute Gasteiger partial charge is 0.251 e. The second kappa shape index (κ2) is 7.22. The van der Waals surface area contributed by atoms with Gasteiger partial charge in [0.1, 0.15) is 5.82 Å². The van der Waals surface area contributed by atoms with Crippen LogP contribution in [0.2, 0.25) is 0 Å². The first-order valence-electron chi connectivity index (χ1n) is 6.08. The highest BCUT2D eigenvalue weighted by molar-refractivity contribution is 9.10. The molecule has 0 spiro atoms. The van der Waals surface area contributed by atoms with Crippen molar-refractivity contribution in [2.75, 3.05) is 6.54 Å². The summed E-state index contributed by atoms with van der Waals surface area (Å²) in [6.45, 7) is 0.583. The van der Waals surface area contributed by atoms with Gasteiger partial charge in [-0.2, -0.15) is 0 Å². The fourth-order valence-corrected chi connectivity index (χ4v) is 2.64. The van der Waals surface area contributed by atoms with Gasteiger partial charge in [0.25, 0.3) is 5.91 Å². The Kier molecular flexibility index (Phi) is 6.23. The lowest BCUT2D eigenvalue weighted by Gasteiger charge is -2.19. The van der Waals surface area contributed by atoms with E-state index in [0.717, 1.165) is 19.3 Å². The van der Waals surface area contributed by atoms with Gasteiger partial charge in [-0.05, 0) is 59.4 Å². The van der Waals surface area contributed by atoms with Crippen LogP contribution in [-0.2, 0) is 0 Å². The molecule has 6 heteroatoms. The molecular weight excluding hydrogens is 335 g/mol. The maximum absolute atomic E-state index is 13.3. The molecule has 3 nitrogen and oxygen atoms in total. The fourth-order valence-electron chi connectivity index (χ4n) is 2.40. The van der Waals surface area contributed by atoms with E-state index in [1.165, 1.54) is 6.07 Å². The zero-order valence-electron chi connectivity index (χ0n) is 10.4. The van der Waals surface area contributed by atoms with E-state index in [1.54, 1.807) is 12.1 Å². The lowest BCUT2D eigenvalue weighted by molar-refractivity contribution is 0.0928. The molecule has 0 aliphatic heterocycles. The summed E-state index contributed by atoms with van der Waals surface area (Å²) >= 11 is 3.06. The molecule has 106 valence electrons. The number of benzene rings is 1. The van der Waals surface area contributed by atoms with Gasteiger partial charge in [-0.1, -0.05) is 6.42 Å². The monoisotopic (exact) mass is 350 g/mol. The summed E-state index contributed by atoms with van der Waals surface area (Å²) in [5.74, 6) is -0.314. The Morgan fingerprint density at radius 3 is 2.84 bits per heavy atom. The number of nitrogens with one attached hydrogen (secondary N) is 1. The Labute approximate surface area is 126 Å². The third-order valence-corrected chi connectivity index (χ3v) is 4.10. The second-order valence-electron chi connectivity index (χ2n) is 4.64. The third kappa shape index (κ3) is 3.91. The first-order chi connectivity index (χ1) is 8.61. The highest BCUT2D eigenvalue weighted by atomic mass is 79.9. The molecule has 19 heavy (non-hydrogen) atoms. The molecule has 1 amide bonds. The van der Waals surface area contributed by atoms with Crippen LogP contribution < -0.4 is 11.1 Å². The molecule has 3 N–H and O–H groups in total. The van der Waals surface area contributed by atoms with Crippen LogP contribution in [0.25, 0.3) is 0 Å². The number of hydrogen-bond donors (Lipinski definition) is 2. The number of rotatable bonds is 3. The summed E-state index contributed by atoms with van der Waals surface area (Å²) < 4.78 is 13.7. The highest BCUT2D eigenvalue weighted by Gasteiger charge is 2.27. The van der Waals surface area contributed by atoms with Crippen molar-refractivity contribution >= 4 is 34.2 Å². The number of nitrogens with two attached hydrogens (primary N) is 1. The highest BCUT2D eigenvalue weighted by Crippen LogP contribution is 2.25. The topological polar surface area (TPSA) is 55.1 Å². The van der Waals surface area contributed by atoms with Crippen LogP contribution in [0.5, 0.6) is 0 Å². The molecular formula is C13H17BrClFN2O. The molecule has 0 radical (unpaired) electrons. The van der Waals surface area contributed by atoms with E-state index in [4.69, 9.17) is 5.73 Å². The van der Waals surface area contributed by atoms with Gasteiger partial charge in [-0.25, -0.2) is 4.39 Å². The van der Waals surface area contributed by atoms with E-state index in [2.05, 4.69) is 21.2 Å². The van der Waals surface area contributed by atoms with Gasteiger partial charge in [-0.3, -0.25) is 4.79 Å². The van der Waals surface area contributed by atoms with Gasteiger partial charge >= 0.3 is 0 Å². The Morgan fingerprint density at radius 2 is 2.21 bits per heavy atom. The molecule has 1 aliphatic carbocycles. The molecule has 0 heterocycles. The molecule has 2 rings (SSSR count). The van der Waals surface area contributed by atoms with Gasteiger partial charge in [0, 0.05) is 11.6 Å². The quantitative estimate of drug-likeness (QED) is 0.880. The fraction of sp³-hybridized carbons (Fsp3) is 0.462. The standard InChI is InChI=1S/C13H16BrFN2O.ClH/c14-10-5-4-8(6-11(10)15)13(18)17-12-3-1-2-9(12)7-16;/h4-6,9,12H,1-3,7,16H2,(H,17,18);1H. The van der Waals surface area contributed by atoms with E-state index >= 15 is 0 Å². The van der Waals surface area contributed by atoms with Crippen LogP contribution in [-0.4, -0.2) is 18.5 Å². The second-order valence-corrected chi connectivity index (χ2v) is 5.49. The van der Waals surface area contributed by atoms with Crippen LogP contribution >= 0.6 is 28.3 Å². The predicted molar refractivity (Wildman–Crippen MR) is 79.0 cm³/mol. The van der Waals surface area contributed by atoms with E-state index in [9.17, 15) is 9.18 Å². The molecule has 2 atom stereocenters. The van der Waals surface area contributed by atoms with Gasteiger partial charge in [-0.15, -0.1) is 12.4 Å². The van der Waals surface area contributed by atoms with Crippen LogP contribution in [0.1, 0.15) is 29.6 Å². The summed E-state index contributed by atoms with van der Waals surface area (Å²) in [6.07, 6.45) is 3.09. The van der Waals surface area contributed by atoms with Crippen molar-refractivity contribution in [1.29, 1.82) is 0 Å². The predicted octanol–water partition coefficient (Wildman–Crippen LogP) is 2.87. The lowest BCUT2D eigenvalue weighted by atomic mass is 10.0. The van der Waals surface area contributed by atoms with Crippen molar-refractivity contribution in [2.24, 2.45) is 11.7 Å². The van der Waals surface area contributed by atoms with Crippen molar-refractivity contribution in [1.82, 2.24) is 5.32 Å². The van der Waals surface area contributed by atoms with Crippen molar-refractivity contribution in [2.45, 2.75) is 25.3 Å². The Morgan fingerprint density at radius 1 is 1.47 bits per heavy atom. The van der Waals surface area contributed by atoms with Crippen LogP contribution in [0.15, 0.2) is 22.7 Å². The lowest BCUT2D eigenvalue weighted by Crippen LogP contribution is -2.39. The SMILES string of the molecule is Cl.NCC1CCCC1NC(=O)c1ccc(Br)c(F)c1. The molecule has 2 unspecified atom stereocenters. The Hall–Kier alpha value is -0.650. The zero-order valence-corrected chi connectivity index (χ0v) is 12.8. The summed E-state index contributed by atoms with van der Waals surface area (Å²) in [5, 5.41) is 2.94. The Bertz CT molecular complexity index is 458. The van der Waals surface area contributed by atoms with Crippen LogP contribution in [0.4, 0.5) is 4.39 Å². The number of carbonyl (C=O) groups is 1. The number of halogens is 3. The molecule has 0 bridgehead atoms. The number of carbonyl (C=O) groups excluding carboxylic acids is 1. The molecule has 0 saturated heterocycles. The minimum Gasteiger partial charge on any atom is -0.349 e. The minimum absolute atomic E-state index is 0. The molecule has 1 saturated carbocycles. The van der Waals surface area contributed by atoms with Crippen molar-refractivity contribution in [3.8, 4) is 0 Å². The third-order valence-electron chi connectivity index (χ3n) is 3.46. The van der Waals surface area contributed by atoms with E-state index < -0.39 is 5.82 Å². The van der Waals surface area contributed by atoms with Crippen LogP contribution in [0, 0.1) is 11.7 Å². The van der Waals surface area contributed by atoms with Gasteiger partial charge < -0.3 is 11.1 Å². The van der Waals surface area contributed by atoms with E-state index in [1.807, 2.05) is 0 Å². The van der Waals surface area contributed by atoms with Gasteiger partial charge in [0.2, 0.25) is 0 Å². The summed E-state index contributed by atoms with van der Waals surface area (Å²) in [7, 11) is 0. The maximum Gasteiger partial charge on any atom is 0.251 e. The van der Waals surface area contributed by atoms with Gasteiger partial charge in [0.05, 0.1) is 4.47 Å². The van der Waals surface area contributed by atoms with E-state index in [-0.39, 0.29) is 24.4 Å². The zero-order chi connectivity index (χ0) is 13.1. The maximum atomic E-state index is 13.3. The average molecular weight is 352 g/mol. The first-order valence-corrected chi connectivity index (χ1v) is 6.87. The van der Waals surface area contributed by atoms with Crippen LogP contribution in [0.3, 0.4) is 0 Å². The molecule has 0 aromatic heterocycles. The number of amides is 1. The normalized spacial score (nSPS) is 21.8. The number of hydrogen-bond acceptors (Lipinski definition) is 2. The largest absolute Gasteiger partial charge is 0.349 e.